The Balaban J connectivity index is 1.82. The number of nitrogens with zero attached hydrogens (tertiary/aromatic N) is 5. The Morgan fingerprint density at radius 2 is 2.07 bits per heavy atom. The lowest BCUT2D eigenvalue weighted by Crippen LogP contribution is -2.29. The van der Waals surface area contributed by atoms with Crippen molar-refractivity contribution in [3.05, 3.63) is 48.3 Å². The molecule has 0 saturated carbocycles. The third kappa shape index (κ3) is 2.44. The Hall–Kier alpha value is -3.13. The van der Waals surface area contributed by atoms with E-state index in [-0.39, 0.29) is 18.0 Å². The first-order valence-electron chi connectivity index (χ1n) is 8.77. The maximum atomic E-state index is 13.4. The molecular formula is C19H17FN6O. The van der Waals surface area contributed by atoms with Crippen LogP contribution in [0.2, 0.25) is 0 Å². The molecule has 0 aliphatic carbocycles. The molecule has 0 fully saturated rings. The number of fused-ring (bicyclic) bond motifs is 2. The lowest BCUT2D eigenvalue weighted by atomic mass is 9.99. The molecule has 5 rings (SSSR count). The van der Waals surface area contributed by atoms with Gasteiger partial charge >= 0.3 is 0 Å². The van der Waals surface area contributed by atoms with Gasteiger partial charge in [0.05, 0.1) is 42.5 Å². The molecule has 0 amide bonds. The number of rotatable bonds is 2. The maximum absolute atomic E-state index is 13.4. The summed E-state index contributed by atoms with van der Waals surface area (Å²) in [4.78, 5) is 8.58. The molecule has 0 radical (unpaired) electrons. The highest BCUT2D eigenvalue weighted by atomic mass is 19.1. The number of H-pyrrole nitrogens is 1. The van der Waals surface area contributed by atoms with Crippen LogP contribution < -0.4 is 0 Å². The highest BCUT2D eigenvalue weighted by Crippen LogP contribution is 2.40. The highest BCUT2D eigenvalue weighted by molar-refractivity contribution is 5.97. The first-order valence-corrected chi connectivity index (χ1v) is 8.77. The predicted octanol–water partition coefficient (Wildman–Crippen LogP) is 3.50. The molecule has 27 heavy (non-hydrogen) atoms. The van der Waals surface area contributed by atoms with E-state index in [4.69, 9.17) is 9.84 Å². The summed E-state index contributed by atoms with van der Waals surface area (Å²) < 4.78 is 21.4. The second-order valence-corrected chi connectivity index (χ2v) is 6.72. The summed E-state index contributed by atoms with van der Waals surface area (Å²) in [5.41, 5.74) is 4.84. The molecule has 8 heteroatoms. The molecule has 136 valence electrons. The van der Waals surface area contributed by atoms with Crippen LogP contribution in [0, 0.1) is 5.82 Å². The largest absolute Gasteiger partial charge is 0.370 e. The lowest BCUT2D eigenvalue weighted by Gasteiger charge is -2.28. The van der Waals surface area contributed by atoms with Crippen LogP contribution in [0.25, 0.3) is 33.5 Å². The van der Waals surface area contributed by atoms with E-state index < -0.39 is 0 Å². The molecule has 0 aromatic carbocycles. The number of pyridine rings is 2. The SMILES string of the molecule is C[C@H]1OCc2c(-c3ccnc4[nH]ncc34)c(-c3ccc(F)cn3)nn2[C@H]1C. The normalized spacial score (nSPS) is 19.4. The summed E-state index contributed by atoms with van der Waals surface area (Å²) >= 11 is 0. The van der Waals surface area contributed by atoms with E-state index in [2.05, 4.69) is 27.1 Å². The van der Waals surface area contributed by atoms with Gasteiger partial charge in [-0.1, -0.05) is 0 Å². The van der Waals surface area contributed by atoms with Gasteiger partial charge in [0.1, 0.15) is 11.5 Å². The van der Waals surface area contributed by atoms with E-state index in [1.807, 2.05) is 17.7 Å². The average Bonchev–Trinajstić information content (AvgIpc) is 3.30. The number of aromatic amines is 1. The predicted molar refractivity (Wildman–Crippen MR) is 97.3 cm³/mol. The second kappa shape index (κ2) is 5.95. The zero-order valence-electron chi connectivity index (χ0n) is 14.8. The first kappa shape index (κ1) is 16.1. The minimum absolute atomic E-state index is 0.0469. The summed E-state index contributed by atoms with van der Waals surface area (Å²) in [7, 11) is 0. The van der Waals surface area contributed by atoms with E-state index in [9.17, 15) is 4.39 Å². The van der Waals surface area contributed by atoms with Gasteiger partial charge in [-0.25, -0.2) is 9.37 Å². The van der Waals surface area contributed by atoms with Crippen molar-refractivity contribution in [1.82, 2.24) is 29.9 Å². The van der Waals surface area contributed by atoms with Gasteiger partial charge in [0.25, 0.3) is 0 Å². The van der Waals surface area contributed by atoms with Gasteiger partial charge in [-0.05, 0) is 32.0 Å². The summed E-state index contributed by atoms with van der Waals surface area (Å²) in [6.07, 6.45) is 4.74. The Morgan fingerprint density at radius 1 is 1.19 bits per heavy atom. The minimum atomic E-state index is -0.379. The van der Waals surface area contributed by atoms with Crippen molar-refractivity contribution in [2.45, 2.75) is 32.6 Å². The maximum Gasteiger partial charge on any atom is 0.155 e. The van der Waals surface area contributed by atoms with Gasteiger partial charge in [0.15, 0.2) is 5.65 Å². The van der Waals surface area contributed by atoms with E-state index >= 15 is 0 Å². The van der Waals surface area contributed by atoms with Crippen LogP contribution in [0.4, 0.5) is 4.39 Å². The zero-order valence-corrected chi connectivity index (χ0v) is 14.8. The van der Waals surface area contributed by atoms with E-state index in [1.54, 1.807) is 18.5 Å². The topological polar surface area (TPSA) is 81.5 Å². The molecule has 0 unspecified atom stereocenters. The zero-order chi connectivity index (χ0) is 18.5. The lowest BCUT2D eigenvalue weighted by molar-refractivity contribution is -0.0101. The van der Waals surface area contributed by atoms with Crippen LogP contribution in [0.5, 0.6) is 0 Å². The summed E-state index contributed by atoms with van der Waals surface area (Å²) in [6.45, 7) is 4.55. The van der Waals surface area contributed by atoms with Crippen molar-refractivity contribution in [2.24, 2.45) is 0 Å². The van der Waals surface area contributed by atoms with Gasteiger partial charge in [0.2, 0.25) is 0 Å². The monoisotopic (exact) mass is 364 g/mol. The van der Waals surface area contributed by atoms with Crippen molar-refractivity contribution in [3.63, 3.8) is 0 Å². The summed E-state index contributed by atoms with van der Waals surface area (Å²) in [5, 5.41) is 12.8. The molecule has 2 atom stereocenters. The average molecular weight is 364 g/mol. The quantitative estimate of drug-likeness (QED) is 0.589. The molecule has 0 spiro atoms. The van der Waals surface area contributed by atoms with Crippen molar-refractivity contribution in [2.75, 3.05) is 0 Å². The van der Waals surface area contributed by atoms with Gasteiger partial charge in [-0.15, -0.1) is 0 Å². The van der Waals surface area contributed by atoms with Crippen molar-refractivity contribution >= 4 is 11.0 Å². The van der Waals surface area contributed by atoms with Gasteiger partial charge in [0, 0.05) is 22.7 Å². The number of ether oxygens (including phenoxy) is 1. The standard InChI is InChI=1S/C19H17FN6O/c1-10-11(2)27-9-16-17(13-5-6-21-19-14(13)8-23-24-19)18(25-26(10)16)15-4-3-12(20)7-22-15/h3-8,10-11H,9H2,1-2H3,(H,21,23,24)/t10-,11+/m0/s1. The first-order chi connectivity index (χ1) is 13.1. The molecular weight excluding hydrogens is 347 g/mol. The van der Waals surface area contributed by atoms with Crippen LogP contribution in [0.3, 0.4) is 0 Å². The highest BCUT2D eigenvalue weighted by Gasteiger charge is 2.31. The van der Waals surface area contributed by atoms with Crippen molar-refractivity contribution in [1.29, 1.82) is 0 Å². The van der Waals surface area contributed by atoms with Crippen LogP contribution in [-0.2, 0) is 11.3 Å². The molecule has 4 aromatic heterocycles. The fourth-order valence-corrected chi connectivity index (χ4v) is 3.54. The number of nitrogens with one attached hydrogen (secondary N) is 1. The Bertz CT molecular complexity index is 1130. The summed E-state index contributed by atoms with van der Waals surface area (Å²) in [6, 6.07) is 5.05. The minimum Gasteiger partial charge on any atom is -0.370 e. The fourth-order valence-electron chi connectivity index (χ4n) is 3.54. The molecule has 0 saturated heterocycles. The molecule has 1 aliphatic heterocycles. The molecule has 7 nitrogen and oxygen atoms in total. The Kier molecular flexibility index (Phi) is 3.54. The second-order valence-electron chi connectivity index (χ2n) is 6.72. The van der Waals surface area contributed by atoms with E-state index in [0.29, 0.717) is 23.6 Å². The Labute approximate surface area is 154 Å². The van der Waals surface area contributed by atoms with Crippen molar-refractivity contribution < 1.29 is 9.13 Å². The molecule has 1 aliphatic rings. The van der Waals surface area contributed by atoms with Crippen LogP contribution >= 0.6 is 0 Å². The van der Waals surface area contributed by atoms with E-state index in [1.165, 1.54) is 12.3 Å². The number of hydrogen-bond acceptors (Lipinski definition) is 5. The number of aromatic nitrogens is 6. The third-order valence-electron chi connectivity index (χ3n) is 5.15. The smallest absolute Gasteiger partial charge is 0.155 e. The molecule has 0 bridgehead atoms. The van der Waals surface area contributed by atoms with Crippen LogP contribution in [0.1, 0.15) is 25.6 Å². The number of halogens is 1. The van der Waals surface area contributed by atoms with Gasteiger partial charge in [-0.3, -0.25) is 14.8 Å². The van der Waals surface area contributed by atoms with Crippen molar-refractivity contribution in [3.8, 4) is 22.5 Å². The molecule has 1 N–H and O–H groups in total. The van der Waals surface area contributed by atoms with Gasteiger partial charge in [-0.2, -0.15) is 10.2 Å². The van der Waals surface area contributed by atoms with Crippen LogP contribution in [-0.4, -0.2) is 36.0 Å². The molecule has 5 heterocycles. The molecule has 4 aromatic rings. The Morgan fingerprint density at radius 3 is 2.89 bits per heavy atom. The van der Waals surface area contributed by atoms with Crippen LogP contribution in [0.15, 0.2) is 36.8 Å². The summed E-state index contributed by atoms with van der Waals surface area (Å²) in [5.74, 6) is -0.379. The third-order valence-corrected chi connectivity index (χ3v) is 5.15. The number of hydrogen-bond donors (Lipinski definition) is 1. The van der Waals surface area contributed by atoms with Gasteiger partial charge < -0.3 is 4.74 Å². The van der Waals surface area contributed by atoms with E-state index in [0.717, 1.165) is 22.2 Å². The fraction of sp³-hybridized carbons (Fsp3) is 0.263.